The summed E-state index contributed by atoms with van der Waals surface area (Å²) in [7, 11) is 0. The normalized spacial score (nSPS) is 13.4. The van der Waals surface area contributed by atoms with E-state index in [1.54, 1.807) is 11.0 Å². The lowest BCUT2D eigenvalue weighted by Gasteiger charge is -2.31. The molecule has 0 bridgehead atoms. The van der Waals surface area contributed by atoms with Crippen molar-refractivity contribution in [2.45, 2.75) is 40.2 Å². The summed E-state index contributed by atoms with van der Waals surface area (Å²) in [5.74, 6) is 0.0178. The van der Waals surface area contributed by atoms with E-state index in [-0.39, 0.29) is 11.3 Å². The summed E-state index contributed by atoms with van der Waals surface area (Å²) in [4.78, 5) is 13.8. The van der Waals surface area contributed by atoms with E-state index >= 15 is 0 Å². The number of carbonyl (C=O) groups is 1. The first-order valence-corrected chi connectivity index (χ1v) is 5.49. The summed E-state index contributed by atoms with van der Waals surface area (Å²) < 4.78 is 0. The number of carbonyl (C=O) groups excluding carboxylic acids is 1. The molecule has 1 atom stereocenters. The van der Waals surface area contributed by atoms with Gasteiger partial charge in [-0.1, -0.05) is 33.8 Å². The number of hydrogen-bond donors (Lipinski definition) is 1. The molecule has 0 aliphatic heterocycles. The van der Waals surface area contributed by atoms with Crippen LogP contribution in [0.5, 0.6) is 0 Å². The monoisotopic (exact) mass is 212 g/mol. The van der Waals surface area contributed by atoms with Crippen molar-refractivity contribution >= 4 is 5.91 Å². The van der Waals surface area contributed by atoms with E-state index in [2.05, 4.69) is 6.58 Å². The molecule has 0 fully saturated rings. The molecule has 0 radical (unpaired) electrons. The van der Waals surface area contributed by atoms with Gasteiger partial charge in [-0.2, -0.15) is 0 Å². The van der Waals surface area contributed by atoms with Crippen LogP contribution < -0.4 is 5.73 Å². The van der Waals surface area contributed by atoms with Crippen molar-refractivity contribution in [3.63, 3.8) is 0 Å². The van der Waals surface area contributed by atoms with Gasteiger partial charge in [0.15, 0.2) is 0 Å². The summed E-state index contributed by atoms with van der Waals surface area (Å²) in [5.41, 5.74) is 5.74. The molecule has 3 nitrogen and oxygen atoms in total. The van der Waals surface area contributed by atoms with Crippen molar-refractivity contribution in [2.24, 2.45) is 11.1 Å². The quantitative estimate of drug-likeness (QED) is 0.706. The number of hydrogen-bond acceptors (Lipinski definition) is 2. The SMILES string of the molecule is C=CCN(CCC)C(=O)C(N)C(C)(C)C. The Bertz CT molecular complexity index is 218. The van der Waals surface area contributed by atoms with Crippen LogP contribution >= 0.6 is 0 Å². The molecule has 0 spiro atoms. The Morgan fingerprint density at radius 2 is 2.07 bits per heavy atom. The Balaban J connectivity index is 4.55. The smallest absolute Gasteiger partial charge is 0.240 e. The zero-order valence-corrected chi connectivity index (χ0v) is 10.4. The summed E-state index contributed by atoms with van der Waals surface area (Å²) in [5, 5.41) is 0. The van der Waals surface area contributed by atoms with E-state index < -0.39 is 6.04 Å². The minimum atomic E-state index is -0.441. The fourth-order valence-corrected chi connectivity index (χ4v) is 1.28. The Labute approximate surface area is 93.3 Å². The highest BCUT2D eigenvalue weighted by atomic mass is 16.2. The fraction of sp³-hybridized carbons (Fsp3) is 0.750. The first-order valence-electron chi connectivity index (χ1n) is 5.49. The first-order chi connectivity index (χ1) is 6.84. The zero-order valence-electron chi connectivity index (χ0n) is 10.4. The molecule has 88 valence electrons. The van der Waals surface area contributed by atoms with Gasteiger partial charge in [-0.05, 0) is 11.8 Å². The minimum absolute atomic E-state index is 0.0178. The Kier molecular flexibility index (Phi) is 5.58. The summed E-state index contributed by atoms with van der Waals surface area (Å²) in [6.07, 6.45) is 2.68. The minimum Gasteiger partial charge on any atom is -0.338 e. The van der Waals surface area contributed by atoms with Crippen molar-refractivity contribution in [2.75, 3.05) is 13.1 Å². The Hall–Kier alpha value is -0.830. The van der Waals surface area contributed by atoms with Crippen LogP contribution in [0.25, 0.3) is 0 Å². The van der Waals surface area contributed by atoms with E-state index in [0.717, 1.165) is 13.0 Å². The molecule has 0 heterocycles. The average Bonchev–Trinajstić information content (AvgIpc) is 2.14. The van der Waals surface area contributed by atoms with Crippen LogP contribution in [0.3, 0.4) is 0 Å². The van der Waals surface area contributed by atoms with Crippen molar-refractivity contribution in [1.29, 1.82) is 0 Å². The molecule has 2 N–H and O–H groups in total. The second-order valence-corrected chi connectivity index (χ2v) is 4.92. The van der Waals surface area contributed by atoms with Gasteiger partial charge < -0.3 is 10.6 Å². The van der Waals surface area contributed by atoms with Gasteiger partial charge >= 0.3 is 0 Å². The van der Waals surface area contributed by atoms with Gasteiger partial charge in [0.1, 0.15) is 0 Å². The van der Waals surface area contributed by atoms with Crippen molar-refractivity contribution in [3.05, 3.63) is 12.7 Å². The molecule has 1 amide bonds. The largest absolute Gasteiger partial charge is 0.338 e. The lowest BCUT2D eigenvalue weighted by molar-refractivity contribution is -0.134. The maximum absolute atomic E-state index is 12.0. The molecule has 0 saturated heterocycles. The van der Waals surface area contributed by atoms with Crippen LogP contribution in [-0.4, -0.2) is 29.9 Å². The Morgan fingerprint density at radius 1 is 1.53 bits per heavy atom. The van der Waals surface area contributed by atoms with Crippen LogP contribution in [0.2, 0.25) is 0 Å². The predicted octanol–water partition coefficient (Wildman–Crippen LogP) is 1.78. The van der Waals surface area contributed by atoms with Gasteiger partial charge in [-0.25, -0.2) is 0 Å². The van der Waals surface area contributed by atoms with Crippen LogP contribution in [-0.2, 0) is 4.79 Å². The molecule has 1 unspecified atom stereocenters. The maximum atomic E-state index is 12.0. The molecule has 0 rings (SSSR count). The summed E-state index contributed by atoms with van der Waals surface area (Å²) >= 11 is 0. The molecule has 0 aliphatic rings. The number of amides is 1. The van der Waals surface area contributed by atoms with Gasteiger partial charge in [0.2, 0.25) is 5.91 Å². The lowest BCUT2D eigenvalue weighted by atomic mass is 9.86. The second kappa shape index (κ2) is 5.91. The topological polar surface area (TPSA) is 46.3 Å². The van der Waals surface area contributed by atoms with Gasteiger partial charge in [0, 0.05) is 13.1 Å². The molecular formula is C12H24N2O. The number of nitrogens with two attached hydrogens (primary N) is 1. The Morgan fingerprint density at radius 3 is 2.40 bits per heavy atom. The molecule has 0 aromatic rings. The standard InChI is InChI=1S/C12H24N2O/c1-6-8-14(9-7-2)11(15)10(13)12(3,4)5/h6,10H,1,7-9,13H2,2-5H3. The first kappa shape index (κ1) is 14.2. The number of nitrogens with zero attached hydrogens (tertiary/aromatic N) is 1. The van der Waals surface area contributed by atoms with Crippen LogP contribution in [0.4, 0.5) is 0 Å². The lowest BCUT2D eigenvalue weighted by Crippen LogP contribution is -2.50. The van der Waals surface area contributed by atoms with Crippen LogP contribution in [0.1, 0.15) is 34.1 Å². The van der Waals surface area contributed by atoms with Gasteiger partial charge in [0.05, 0.1) is 6.04 Å². The molecule has 3 heteroatoms. The van der Waals surface area contributed by atoms with Crippen LogP contribution in [0.15, 0.2) is 12.7 Å². The maximum Gasteiger partial charge on any atom is 0.240 e. The third kappa shape index (κ3) is 4.47. The van der Waals surface area contributed by atoms with Crippen molar-refractivity contribution in [1.82, 2.24) is 4.90 Å². The molecule has 0 aromatic heterocycles. The third-order valence-electron chi connectivity index (χ3n) is 2.35. The molecule has 0 aliphatic carbocycles. The number of rotatable bonds is 5. The van der Waals surface area contributed by atoms with Crippen LogP contribution in [0, 0.1) is 5.41 Å². The molecular weight excluding hydrogens is 188 g/mol. The van der Waals surface area contributed by atoms with Crippen molar-refractivity contribution < 1.29 is 4.79 Å². The van der Waals surface area contributed by atoms with Gasteiger partial charge in [-0.3, -0.25) is 4.79 Å². The fourth-order valence-electron chi connectivity index (χ4n) is 1.28. The predicted molar refractivity (Wildman–Crippen MR) is 64.5 cm³/mol. The van der Waals surface area contributed by atoms with E-state index in [1.807, 2.05) is 27.7 Å². The zero-order chi connectivity index (χ0) is 12.1. The van der Waals surface area contributed by atoms with Gasteiger partial charge in [-0.15, -0.1) is 6.58 Å². The third-order valence-corrected chi connectivity index (χ3v) is 2.35. The summed E-state index contributed by atoms with van der Waals surface area (Å²) in [6, 6.07) is -0.441. The molecule has 0 aromatic carbocycles. The average molecular weight is 212 g/mol. The second-order valence-electron chi connectivity index (χ2n) is 4.92. The van der Waals surface area contributed by atoms with E-state index in [1.165, 1.54) is 0 Å². The van der Waals surface area contributed by atoms with Gasteiger partial charge in [0.25, 0.3) is 0 Å². The highest BCUT2D eigenvalue weighted by Crippen LogP contribution is 2.19. The highest BCUT2D eigenvalue weighted by Gasteiger charge is 2.30. The van der Waals surface area contributed by atoms with E-state index in [4.69, 9.17) is 5.73 Å². The summed E-state index contributed by atoms with van der Waals surface area (Å²) in [6.45, 7) is 13.0. The van der Waals surface area contributed by atoms with E-state index in [0.29, 0.717) is 6.54 Å². The van der Waals surface area contributed by atoms with Crippen molar-refractivity contribution in [3.8, 4) is 0 Å². The molecule has 15 heavy (non-hydrogen) atoms. The highest BCUT2D eigenvalue weighted by molar-refractivity contribution is 5.82. The molecule has 0 saturated carbocycles. The van der Waals surface area contributed by atoms with E-state index in [9.17, 15) is 4.79 Å².